The lowest BCUT2D eigenvalue weighted by Crippen LogP contribution is -2.20. The molecule has 106 valence electrons. The molecule has 0 saturated carbocycles. The summed E-state index contributed by atoms with van der Waals surface area (Å²) >= 11 is 0. The molecule has 0 saturated heterocycles. The van der Waals surface area contributed by atoms with E-state index < -0.39 is 17.2 Å². The summed E-state index contributed by atoms with van der Waals surface area (Å²) in [5.74, 6) is 0. The fourth-order valence-corrected chi connectivity index (χ4v) is 2.21. The largest absolute Gasteiger partial charge is 0.418 e. The van der Waals surface area contributed by atoms with Gasteiger partial charge in [-0.1, -0.05) is 50.2 Å². The standard InChI is InChI=1S/C16H16F3N/c1-15(2,11-6-4-3-5-7-11)12-8-9-14(20)13(10-12)16(17,18)19/h3-10H,20H2,1-2H3. The first-order valence-electron chi connectivity index (χ1n) is 6.25. The Labute approximate surface area is 116 Å². The van der Waals surface area contributed by atoms with Crippen LogP contribution in [0.4, 0.5) is 18.9 Å². The lowest BCUT2D eigenvalue weighted by Gasteiger charge is -2.27. The van der Waals surface area contributed by atoms with Crippen molar-refractivity contribution >= 4 is 5.69 Å². The highest BCUT2D eigenvalue weighted by Gasteiger charge is 2.34. The molecule has 4 heteroatoms. The van der Waals surface area contributed by atoms with E-state index in [1.807, 2.05) is 44.2 Å². The van der Waals surface area contributed by atoms with Crippen molar-refractivity contribution in [3.05, 3.63) is 65.2 Å². The van der Waals surface area contributed by atoms with Crippen LogP contribution in [0.2, 0.25) is 0 Å². The number of anilines is 1. The Morgan fingerprint density at radius 1 is 0.850 bits per heavy atom. The Hall–Kier alpha value is -1.97. The first-order valence-corrected chi connectivity index (χ1v) is 6.25. The number of hydrogen-bond acceptors (Lipinski definition) is 1. The molecule has 0 aliphatic heterocycles. The van der Waals surface area contributed by atoms with Crippen molar-refractivity contribution in [2.24, 2.45) is 0 Å². The number of nitrogen functional groups attached to an aromatic ring is 1. The molecule has 0 fully saturated rings. The molecule has 20 heavy (non-hydrogen) atoms. The Balaban J connectivity index is 2.54. The number of benzene rings is 2. The number of halogens is 3. The summed E-state index contributed by atoms with van der Waals surface area (Å²) in [5.41, 5.74) is 5.44. The zero-order valence-corrected chi connectivity index (χ0v) is 11.3. The van der Waals surface area contributed by atoms with Crippen molar-refractivity contribution in [2.75, 3.05) is 5.73 Å². The van der Waals surface area contributed by atoms with E-state index >= 15 is 0 Å². The summed E-state index contributed by atoms with van der Waals surface area (Å²) in [4.78, 5) is 0. The molecule has 0 amide bonds. The average Bonchev–Trinajstić information content (AvgIpc) is 2.38. The monoisotopic (exact) mass is 279 g/mol. The SMILES string of the molecule is CC(C)(c1ccccc1)c1ccc(N)c(C(F)(F)F)c1. The van der Waals surface area contributed by atoms with Gasteiger partial charge in [-0.3, -0.25) is 0 Å². The van der Waals surface area contributed by atoms with E-state index in [0.29, 0.717) is 5.56 Å². The van der Waals surface area contributed by atoms with Crippen LogP contribution in [0.25, 0.3) is 0 Å². The van der Waals surface area contributed by atoms with Gasteiger partial charge in [0.1, 0.15) is 0 Å². The van der Waals surface area contributed by atoms with Crippen LogP contribution in [-0.2, 0) is 11.6 Å². The van der Waals surface area contributed by atoms with Crippen LogP contribution in [0.15, 0.2) is 48.5 Å². The highest BCUT2D eigenvalue weighted by Crippen LogP contribution is 2.38. The average molecular weight is 279 g/mol. The van der Waals surface area contributed by atoms with E-state index in [1.54, 1.807) is 6.07 Å². The summed E-state index contributed by atoms with van der Waals surface area (Å²) in [6.07, 6.45) is -4.44. The van der Waals surface area contributed by atoms with Crippen LogP contribution < -0.4 is 5.73 Å². The molecule has 1 nitrogen and oxygen atoms in total. The highest BCUT2D eigenvalue weighted by atomic mass is 19.4. The van der Waals surface area contributed by atoms with Crippen LogP contribution in [0.5, 0.6) is 0 Å². The number of alkyl halides is 3. The molecule has 0 aromatic heterocycles. The van der Waals surface area contributed by atoms with E-state index in [1.165, 1.54) is 6.07 Å². The molecule has 2 aromatic carbocycles. The summed E-state index contributed by atoms with van der Waals surface area (Å²) in [5, 5.41) is 0. The van der Waals surface area contributed by atoms with Crippen LogP contribution >= 0.6 is 0 Å². The van der Waals surface area contributed by atoms with Gasteiger partial charge in [-0.25, -0.2) is 0 Å². The summed E-state index contributed by atoms with van der Waals surface area (Å²) < 4.78 is 38.8. The first-order chi connectivity index (χ1) is 9.23. The van der Waals surface area contributed by atoms with Crippen molar-refractivity contribution < 1.29 is 13.2 Å². The minimum atomic E-state index is -4.44. The fraction of sp³-hybridized carbons (Fsp3) is 0.250. The van der Waals surface area contributed by atoms with E-state index in [2.05, 4.69) is 0 Å². The number of nitrogens with two attached hydrogens (primary N) is 1. The summed E-state index contributed by atoms with van der Waals surface area (Å²) in [6, 6.07) is 13.6. The van der Waals surface area contributed by atoms with E-state index in [0.717, 1.165) is 11.6 Å². The van der Waals surface area contributed by atoms with Gasteiger partial charge in [0.15, 0.2) is 0 Å². The highest BCUT2D eigenvalue weighted by molar-refractivity contribution is 5.53. The zero-order valence-electron chi connectivity index (χ0n) is 11.3. The van der Waals surface area contributed by atoms with Crippen LogP contribution in [-0.4, -0.2) is 0 Å². The van der Waals surface area contributed by atoms with Crippen LogP contribution in [0, 0.1) is 0 Å². The molecule has 0 unspecified atom stereocenters. The normalized spacial score (nSPS) is 12.4. The Morgan fingerprint density at radius 3 is 2.00 bits per heavy atom. The molecular formula is C16H16F3N. The first kappa shape index (κ1) is 14.4. The maximum absolute atomic E-state index is 12.9. The van der Waals surface area contributed by atoms with Crippen molar-refractivity contribution in [2.45, 2.75) is 25.4 Å². The zero-order chi connectivity index (χ0) is 15.0. The molecule has 0 aliphatic carbocycles. The second-order valence-electron chi connectivity index (χ2n) is 5.29. The molecule has 2 aromatic rings. The van der Waals surface area contributed by atoms with Gasteiger partial charge in [0.05, 0.1) is 5.56 Å². The van der Waals surface area contributed by atoms with Gasteiger partial charge in [-0.15, -0.1) is 0 Å². The van der Waals surface area contributed by atoms with Crippen molar-refractivity contribution in [3.63, 3.8) is 0 Å². The molecule has 2 N–H and O–H groups in total. The third-order valence-corrected chi connectivity index (χ3v) is 3.58. The lowest BCUT2D eigenvalue weighted by atomic mass is 9.77. The third kappa shape index (κ3) is 2.64. The van der Waals surface area contributed by atoms with Crippen LogP contribution in [0.3, 0.4) is 0 Å². The van der Waals surface area contributed by atoms with Crippen LogP contribution in [0.1, 0.15) is 30.5 Å². The molecule has 0 heterocycles. The molecule has 2 rings (SSSR count). The molecule has 0 atom stereocenters. The third-order valence-electron chi connectivity index (χ3n) is 3.58. The fourth-order valence-electron chi connectivity index (χ4n) is 2.21. The maximum atomic E-state index is 12.9. The van der Waals surface area contributed by atoms with Crippen molar-refractivity contribution in [1.29, 1.82) is 0 Å². The van der Waals surface area contributed by atoms with Crippen molar-refractivity contribution in [1.82, 2.24) is 0 Å². The quantitative estimate of drug-likeness (QED) is 0.798. The topological polar surface area (TPSA) is 26.0 Å². The number of rotatable bonds is 2. The molecule has 0 bridgehead atoms. The predicted octanol–water partition coefficient (Wildman–Crippen LogP) is 4.61. The summed E-state index contributed by atoms with van der Waals surface area (Å²) in [6.45, 7) is 3.79. The van der Waals surface area contributed by atoms with E-state index in [4.69, 9.17) is 5.73 Å². The second-order valence-corrected chi connectivity index (χ2v) is 5.29. The number of hydrogen-bond donors (Lipinski definition) is 1. The molecular weight excluding hydrogens is 263 g/mol. The molecule has 0 aliphatic rings. The van der Waals surface area contributed by atoms with E-state index in [9.17, 15) is 13.2 Å². The van der Waals surface area contributed by atoms with Gasteiger partial charge >= 0.3 is 6.18 Å². The smallest absolute Gasteiger partial charge is 0.398 e. The molecule has 0 radical (unpaired) electrons. The summed E-state index contributed by atoms with van der Waals surface area (Å²) in [7, 11) is 0. The minimum absolute atomic E-state index is 0.245. The van der Waals surface area contributed by atoms with E-state index in [-0.39, 0.29) is 5.69 Å². The lowest BCUT2D eigenvalue weighted by molar-refractivity contribution is -0.137. The van der Waals surface area contributed by atoms with Gasteiger partial charge < -0.3 is 5.73 Å². The Bertz CT molecular complexity index is 601. The maximum Gasteiger partial charge on any atom is 0.418 e. The Kier molecular flexibility index (Phi) is 3.50. The Morgan fingerprint density at radius 2 is 1.45 bits per heavy atom. The van der Waals surface area contributed by atoms with Crippen molar-refractivity contribution in [3.8, 4) is 0 Å². The van der Waals surface area contributed by atoms with Gasteiger partial charge in [0.25, 0.3) is 0 Å². The van der Waals surface area contributed by atoms with Gasteiger partial charge in [0, 0.05) is 11.1 Å². The van der Waals surface area contributed by atoms with Gasteiger partial charge in [-0.05, 0) is 23.3 Å². The van der Waals surface area contributed by atoms with Gasteiger partial charge in [-0.2, -0.15) is 13.2 Å². The second kappa shape index (κ2) is 4.85. The minimum Gasteiger partial charge on any atom is -0.398 e. The molecule has 0 spiro atoms. The predicted molar refractivity (Wildman–Crippen MR) is 74.4 cm³/mol. The van der Waals surface area contributed by atoms with Gasteiger partial charge in [0.2, 0.25) is 0 Å².